The summed E-state index contributed by atoms with van der Waals surface area (Å²) in [4.78, 5) is 25.8. The van der Waals surface area contributed by atoms with Crippen molar-refractivity contribution < 1.29 is 38.3 Å². The number of nitrogens with zero attached hydrogens (tertiary/aromatic N) is 1. The predicted molar refractivity (Wildman–Crippen MR) is 53.9 cm³/mol. The molecule has 0 fully saturated rings. The predicted octanol–water partition coefficient (Wildman–Crippen LogP) is -3.08. The van der Waals surface area contributed by atoms with E-state index in [2.05, 4.69) is 9.72 Å². The quantitative estimate of drug-likeness (QED) is 0.179. The maximum atomic E-state index is 11.5. The van der Waals surface area contributed by atoms with E-state index in [0.29, 0.717) is 11.6 Å². The minimum atomic E-state index is -1.02. The maximum absolute atomic E-state index is 11.5. The molecule has 1 heterocycles. The fourth-order valence-electron chi connectivity index (χ4n) is 0.980. The topological polar surface area (TPSA) is 79.3 Å². The van der Waals surface area contributed by atoms with Gasteiger partial charge in [0.25, 0.3) is 5.78 Å². The van der Waals surface area contributed by atoms with Crippen LogP contribution in [-0.2, 0) is 14.3 Å². The van der Waals surface area contributed by atoms with Crippen LogP contribution in [0.15, 0.2) is 30.6 Å². The van der Waals surface area contributed by atoms with Crippen LogP contribution in [0.4, 0.5) is 0 Å². The number of hydrogen-bond acceptors (Lipinski definition) is 5. The molecule has 0 aromatic carbocycles. The van der Waals surface area contributed by atoms with Crippen molar-refractivity contribution in [2.24, 2.45) is 0 Å². The van der Waals surface area contributed by atoms with Gasteiger partial charge in [-0.25, -0.2) is 4.79 Å². The van der Waals surface area contributed by atoms with Gasteiger partial charge in [0.15, 0.2) is 0 Å². The van der Waals surface area contributed by atoms with Crippen LogP contribution < -0.4 is 24.0 Å². The molecular formula is C11H10LiNO4. The number of carbonyl (C=O) groups excluding carboxylic acids is 2. The van der Waals surface area contributed by atoms with Crippen molar-refractivity contribution in [2.45, 2.75) is 6.92 Å². The zero-order valence-electron chi connectivity index (χ0n) is 9.67. The van der Waals surface area contributed by atoms with E-state index in [1.807, 2.05) is 0 Å². The summed E-state index contributed by atoms with van der Waals surface area (Å²) in [5.74, 6) is -2.52. The molecule has 5 nitrogen and oxygen atoms in total. The Morgan fingerprint density at radius 1 is 1.41 bits per heavy atom. The number of carbonyl (C=O) groups is 2. The maximum Gasteiger partial charge on any atom is 1.00 e. The van der Waals surface area contributed by atoms with Crippen LogP contribution in [0.25, 0.3) is 5.76 Å². The molecule has 0 aliphatic heterocycles. The van der Waals surface area contributed by atoms with E-state index < -0.39 is 17.5 Å². The van der Waals surface area contributed by atoms with E-state index in [0.717, 1.165) is 0 Å². The van der Waals surface area contributed by atoms with Gasteiger partial charge in [-0.1, -0.05) is 5.76 Å². The van der Waals surface area contributed by atoms with Gasteiger partial charge in [0.05, 0.1) is 6.61 Å². The normalized spacial score (nSPS) is 10.3. The van der Waals surface area contributed by atoms with Gasteiger partial charge in [-0.05, 0) is 30.7 Å². The van der Waals surface area contributed by atoms with Crippen LogP contribution in [0.3, 0.4) is 0 Å². The average molecular weight is 227 g/mol. The fourth-order valence-corrected chi connectivity index (χ4v) is 0.980. The summed E-state index contributed by atoms with van der Waals surface area (Å²) in [5, 5.41) is 11.5. The number of esters is 1. The molecule has 0 amide bonds. The van der Waals surface area contributed by atoms with Gasteiger partial charge in [-0.3, -0.25) is 9.78 Å². The molecule has 1 aromatic rings. The average Bonchev–Trinajstić information content (AvgIpc) is 2.30. The van der Waals surface area contributed by atoms with E-state index in [-0.39, 0.29) is 25.5 Å². The van der Waals surface area contributed by atoms with E-state index in [9.17, 15) is 14.7 Å². The van der Waals surface area contributed by atoms with Crippen LogP contribution in [0.1, 0.15) is 12.5 Å². The summed E-state index contributed by atoms with van der Waals surface area (Å²) in [6.07, 6.45) is 3.57. The molecular weight excluding hydrogens is 217 g/mol. The fraction of sp³-hybridized carbons (Fsp3) is 0.182. The zero-order chi connectivity index (χ0) is 12.0. The summed E-state index contributed by atoms with van der Waals surface area (Å²) in [5.41, 5.74) is 0.299. The van der Waals surface area contributed by atoms with Gasteiger partial charge in [-0.15, -0.1) is 0 Å². The summed E-state index contributed by atoms with van der Waals surface area (Å²) < 4.78 is 4.46. The molecule has 0 aliphatic rings. The molecule has 84 valence electrons. The molecule has 1 aromatic heterocycles. The number of hydrogen-bond donors (Lipinski definition) is 0. The number of ketones is 1. The van der Waals surface area contributed by atoms with Gasteiger partial charge >= 0.3 is 24.8 Å². The largest absolute Gasteiger partial charge is 1.00 e. The number of aromatic nitrogens is 1. The Kier molecular flexibility index (Phi) is 6.95. The van der Waals surface area contributed by atoms with Crippen LogP contribution in [-0.4, -0.2) is 23.3 Å². The molecule has 6 heteroatoms. The number of ether oxygens (including phenoxy) is 1. The first kappa shape index (κ1) is 15.4. The number of rotatable bonds is 4. The van der Waals surface area contributed by atoms with Crippen molar-refractivity contribution in [3.05, 3.63) is 36.2 Å². The minimum Gasteiger partial charge on any atom is -0.872 e. The molecule has 0 bridgehead atoms. The first-order valence-corrected chi connectivity index (χ1v) is 4.65. The third kappa shape index (κ3) is 4.85. The second kappa shape index (κ2) is 7.66. The summed E-state index contributed by atoms with van der Waals surface area (Å²) in [6.45, 7) is 1.68. The Balaban J connectivity index is 0.00000256. The summed E-state index contributed by atoms with van der Waals surface area (Å²) in [7, 11) is 0. The van der Waals surface area contributed by atoms with Crippen LogP contribution in [0, 0.1) is 0 Å². The van der Waals surface area contributed by atoms with E-state index in [4.69, 9.17) is 0 Å². The van der Waals surface area contributed by atoms with Gasteiger partial charge in [0.2, 0.25) is 0 Å². The molecule has 0 aliphatic carbocycles. The smallest absolute Gasteiger partial charge is 0.872 e. The first-order valence-electron chi connectivity index (χ1n) is 4.65. The van der Waals surface area contributed by atoms with Crippen molar-refractivity contribution in [3.63, 3.8) is 0 Å². The molecule has 0 saturated heterocycles. The molecule has 0 unspecified atom stereocenters. The van der Waals surface area contributed by atoms with Gasteiger partial charge in [-0.2, -0.15) is 0 Å². The van der Waals surface area contributed by atoms with Crippen LogP contribution in [0.5, 0.6) is 0 Å². The van der Waals surface area contributed by atoms with Crippen molar-refractivity contribution >= 4 is 17.5 Å². The Morgan fingerprint density at radius 3 is 2.53 bits per heavy atom. The zero-order valence-corrected chi connectivity index (χ0v) is 9.67. The minimum absolute atomic E-state index is 0. The molecule has 17 heavy (non-hydrogen) atoms. The SMILES string of the molecule is CCOC(=O)C(=O)/C=C(/[O-])c1ccncc1.[Li+]. The first-order chi connectivity index (χ1) is 7.65. The molecule has 0 radical (unpaired) electrons. The molecule has 0 spiro atoms. The van der Waals surface area contributed by atoms with Crippen LogP contribution >= 0.6 is 0 Å². The van der Waals surface area contributed by atoms with E-state index >= 15 is 0 Å². The number of pyridine rings is 1. The van der Waals surface area contributed by atoms with Crippen molar-refractivity contribution in [2.75, 3.05) is 6.61 Å². The Morgan fingerprint density at radius 2 is 2.00 bits per heavy atom. The molecule has 0 atom stereocenters. The van der Waals surface area contributed by atoms with Crippen molar-refractivity contribution in [3.8, 4) is 0 Å². The molecule has 0 N–H and O–H groups in total. The molecule has 1 rings (SSSR count). The van der Waals surface area contributed by atoms with E-state index in [1.165, 1.54) is 24.5 Å². The Hall–Kier alpha value is -1.57. The Labute approximate surface area is 111 Å². The van der Waals surface area contributed by atoms with E-state index in [1.54, 1.807) is 6.92 Å². The van der Waals surface area contributed by atoms with Crippen molar-refractivity contribution in [1.29, 1.82) is 0 Å². The third-order valence-corrected chi connectivity index (χ3v) is 1.70. The monoisotopic (exact) mass is 227 g/mol. The standard InChI is InChI=1S/C11H11NO4.Li/c1-2-16-11(15)10(14)7-9(13)8-3-5-12-6-4-8;/h3-7,13H,2H2,1H3;/q;+1/p-1/b9-7+;. The molecule has 0 saturated carbocycles. The Bertz CT molecular complexity index is 417. The second-order valence-corrected chi connectivity index (χ2v) is 2.83. The van der Waals surface area contributed by atoms with Crippen LogP contribution in [0.2, 0.25) is 0 Å². The van der Waals surface area contributed by atoms with Gasteiger partial charge < -0.3 is 9.84 Å². The summed E-state index contributed by atoms with van der Waals surface area (Å²) >= 11 is 0. The third-order valence-electron chi connectivity index (χ3n) is 1.70. The van der Waals surface area contributed by atoms with Gasteiger partial charge in [0.1, 0.15) is 0 Å². The summed E-state index contributed by atoms with van der Waals surface area (Å²) in [6, 6.07) is 2.91. The van der Waals surface area contributed by atoms with Gasteiger partial charge in [0, 0.05) is 12.4 Å². The second-order valence-electron chi connectivity index (χ2n) is 2.83. The van der Waals surface area contributed by atoms with Crippen molar-refractivity contribution in [1.82, 2.24) is 4.98 Å².